The van der Waals surface area contributed by atoms with E-state index in [1.807, 2.05) is 18.2 Å². The summed E-state index contributed by atoms with van der Waals surface area (Å²) in [7, 11) is 1.68. The van der Waals surface area contributed by atoms with E-state index in [1.165, 1.54) is 5.56 Å². The van der Waals surface area contributed by atoms with Crippen LogP contribution in [0, 0.1) is 0 Å². The molecule has 3 nitrogen and oxygen atoms in total. The molecule has 0 spiro atoms. The Hall–Kier alpha value is -2.00. The topological polar surface area (TPSA) is 44.5 Å². The minimum atomic E-state index is 0.0988. The third-order valence-corrected chi connectivity index (χ3v) is 3.47. The Labute approximate surface area is 113 Å². The van der Waals surface area contributed by atoms with Gasteiger partial charge in [0.25, 0.3) is 0 Å². The second kappa shape index (κ2) is 4.94. The summed E-state index contributed by atoms with van der Waals surface area (Å²) in [6.45, 7) is 0.548. The van der Waals surface area contributed by atoms with Crippen LogP contribution in [0.4, 0.5) is 0 Å². The second-order valence-corrected chi connectivity index (χ2v) is 4.71. The van der Waals surface area contributed by atoms with Crippen molar-refractivity contribution < 1.29 is 9.47 Å². The quantitative estimate of drug-likeness (QED) is 0.917. The fraction of sp³-hybridized carbons (Fsp3) is 0.250. The summed E-state index contributed by atoms with van der Waals surface area (Å²) in [6.07, 6.45) is 0.991. The van der Waals surface area contributed by atoms with E-state index in [4.69, 9.17) is 15.2 Å². The van der Waals surface area contributed by atoms with Crippen LogP contribution in [0.15, 0.2) is 42.5 Å². The molecule has 3 rings (SSSR count). The van der Waals surface area contributed by atoms with Crippen LogP contribution in [0.2, 0.25) is 0 Å². The van der Waals surface area contributed by atoms with Crippen molar-refractivity contribution in [2.45, 2.75) is 12.5 Å². The maximum atomic E-state index is 5.95. The first-order valence-electron chi connectivity index (χ1n) is 6.45. The lowest BCUT2D eigenvalue weighted by Crippen LogP contribution is -2.24. The van der Waals surface area contributed by atoms with Crippen molar-refractivity contribution in [1.82, 2.24) is 0 Å². The van der Waals surface area contributed by atoms with Crippen molar-refractivity contribution in [2.75, 3.05) is 13.7 Å². The van der Waals surface area contributed by atoms with Gasteiger partial charge in [0.2, 0.25) is 0 Å². The highest BCUT2D eigenvalue weighted by Gasteiger charge is 2.24. The molecule has 0 aliphatic carbocycles. The SMILES string of the molecule is COc1cccc(-c2cccc3c2O[C@@H](CN)C3)c1. The van der Waals surface area contributed by atoms with Crippen molar-refractivity contribution in [3.05, 3.63) is 48.0 Å². The van der Waals surface area contributed by atoms with Gasteiger partial charge in [-0.3, -0.25) is 0 Å². The normalized spacial score (nSPS) is 16.8. The fourth-order valence-electron chi connectivity index (χ4n) is 2.49. The standard InChI is InChI=1S/C16H17NO2/c1-18-13-6-2-4-11(8-13)15-7-3-5-12-9-14(10-17)19-16(12)15/h2-8,14H,9-10,17H2,1H3/t14-/m1/s1. The number of benzene rings is 2. The Morgan fingerprint density at radius 1 is 1.26 bits per heavy atom. The first kappa shape index (κ1) is 12.1. The van der Waals surface area contributed by atoms with E-state index < -0.39 is 0 Å². The van der Waals surface area contributed by atoms with Gasteiger partial charge in [0, 0.05) is 18.5 Å². The fourth-order valence-corrected chi connectivity index (χ4v) is 2.49. The van der Waals surface area contributed by atoms with Gasteiger partial charge < -0.3 is 15.2 Å². The van der Waals surface area contributed by atoms with Crippen LogP contribution in [-0.4, -0.2) is 19.8 Å². The van der Waals surface area contributed by atoms with Gasteiger partial charge in [0.1, 0.15) is 17.6 Å². The van der Waals surface area contributed by atoms with Crippen LogP contribution >= 0.6 is 0 Å². The maximum absolute atomic E-state index is 5.95. The van der Waals surface area contributed by atoms with Crippen molar-refractivity contribution in [2.24, 2.45) is 5.73 Å². The molecule has 2 aromatic rings. The molecule has 0 bridgehead atoms. The van der Waals surface area contributed by atoms with Gasteiger partial charge in [-0.2, -0.15) is 0 Å². The van der Waals surface area contributed by atoms with Crippen LogP contribution in [0.1, 0.15) is 5.56 Å². The van der Waals surface area contributed by atoms with Crippen LogP contribution in [0.5, 0.6) is 11.5 Å². The molecule has 0 radical (unpaired) electrons. The molecule has 1 aliphatic heterocycles. The molecule has 0 saturated carbocycles. The molecule has 98 valence electrons. The Kier molecular flexibility index (Phi) is 3.13. The largest absolute Gasteiger partial charge is 0.497 e. The molecule has 3 heteroatoms. The van der Waals surface area contributed by atoms with Crippen LogP contribution in [-0.2, 0) is 6.42 Å². The number of para-hydroxylation sites is 1. The van der Waals surface area contributed by atoms with Gasteiger partial charge in [-0.1, -0.05) is 30.3 Å². The van der Waals surface area contributed by atoms with Gasteiger partial charge >= 0.3 is 0 Å². The molecule has 0 fully saturated rings. The smallest absolute Gasteiger partial charge is 0.130 e. The van der Waals surface area contributed by atoms with E-state index in [-0.39, 0.29) is 6.10 Å². The van der Waals surface area contributed by atoms with Gasteiger partial charge in [0.05, 0.1) is 7.11 Å². The summed E-state index contributed by atoms with van der Waals surface area (Å²) in [5.74, 6) is 1.81. The molecule has 2 N–H and O–H groups in total. The number of hydrogen-bond acceptors (Lipinski definition) is 3. The number of nitrogens with two attached hydrogens (primary N) is 1. The molecule has 1 atom stereocenters. The molecule has 19 heavy (non-hydrogen) atoms. The second-order valence-electron chi connectivity index (χ2n) is 4.71. The zero-order chi connectivity index (χ0) is 13.2. The molecule has 2 aromatic carbocycles. The van der Waals surface area contributed by atoms with E-state index in [0.29, 0.717) is 6.54 Å². The van der Waals surface area contributed by atoms with Crippen LogP contribution in [0.25, 0.3) is 11.1 Å². The summed E-state index contributed by atoms with van der Waals surface area (Å²) < 4.78 is 11.2. The summed E-state index contributed by atoms with van der Waals surface area (Å²) in [6, 6.07) is 14.3. The van der Waals surface area contributed by atoms with Gasteiger partial charge in [0.15, 0.2) is 0 Å². The van der Waals surface area contributed by atoms with E-state index in [0.717, 1.165) is 29.0 Å². The Morgan fingerprint density at radius 2 is 2.11 bits per heavy atom. The lowest BCUT2D eigenvalue weighted by atomic mass is 10.0. The van der Waals surface area contributed by atoms with E-state index in [1.54, 1.807) is 7.11 Å². The highest BCUT2D eigenvalue weighted by Crippen LogP contribution is 2.39. The minimum absolute atomic E-state index is 0.0988. The number of methoxy groups -OCH3 is 1. The van der Waals surface area contributed by atoms with Crippen molar-refractivity contribution >= 4 is 0 Å². The number of fused-ring (bicyclic) bond motifs is 1. The summed E-state index contributed by atoms with van der Waals surface area (Å²) in [5.41, 5.74) is 9.14. The molecular formula is C16H17NO2. The van der Waals surface area contributed by atoms with Crippen molar-refractivity contribution in [1.29, 1.82) is 0 Å². The molecule has 1 heterocycles. The first-order valence-corrected chi connectivity index (χ1v) is 6.45. The predicted octanol–water partition coefficient (Wildman–Crippen LogP) is 2.62. The van der Waals surface area contributed by atoms with Gasteiger partial charge in [-0.05, 0) is 23.3 Å². The third kappa shape index (κ3) is 2.17. The summed E-state index contributed by atoms with van der Waals surface area (Å²) in [5, 5.41) is 0. The highest BCUT2D eigenvalue weighted by molar-refractivity contribution is 5.74. The number of ether oxygens (including phenoxy) is 2. The Bertz CT molecular complexity index is 595. The van der Waals surface area contributed by atoms with E-state index >= 15 is 0 Å². The molecule has 0 saturated heterocycles. The molecule has 1 aliphatic rings. The zero-order valence-corrected chi connectivity index (χ0v) is 10.9. The monoisotopic (exact) mass is 255 g/mol. The number of hydrogen-bond donors (Lipinski definition) is 1. The first-order chi connectivity index (χ1) is 9.31. The van der Waals surface area contributed by atoms with Crippen molar-refractivity contribution in [3.8, 4) is 22.6 Å². The molecule has 0 amide bonds. The van der Waals surface area contributed by atoms with E-state index in [9.17, 15) is 0 Å². The average Bonchev–Trinajstić information content (AvgIpc) is 2.90. The summed E-state index contributed by atoms with van der Waals surface area (Å²) in [4.78, 5) is 0. The van der Waals surface area contributed by atoms with Gasteiger partial charge in [-0.15, -0.1) is 0 Å². The van der Waals surface area contributed by atoms with Crippen molar-refractivity contribution in [3.63, 3.8) is 0 Å². The molecule has 0 unspecified atom stereocenters. The van der Waals surface area contributed by atoms with Gasteiger partial charge in [-0.25, -0.2) is 0 Å². The van der Waals surface area contributed by atoms with Crippen LogP contribution < -0.4 is 15.2 Å². The third-order valence-electron chi connectivity index (χ3n) is 3.47. The molecular weight excluding hydrogens is 238 g/mol. The molecule has 0 aromatic heterocycles. The minimum Gasteiger partial charge on any atom is -0.497 e. The Morgan fingerprint density at radius 3 is 2.89 bits per heavy atom. The Balaban J connectivity index is 2.05. The lowest BCUT2D eigenvalue weighted by Gasteiger charge is -2.11. The lowest BCUT2D eigenvalue weighted by molar-refractivity contribution is 0.242. The summed E-state index contributed by atoms with van der Waals surface area (Å²) >= 11 is 0. The maximum Gasteiger partial charge on any atom is 0.130 e. The van der Waals surface area contributed by atoms with Crippen LogP contribution in [0.3, 0.4) is 0 Å². The average molecular weight is 255 g/mol. The number of rotatable bonds is 3. The zero-order valence-electron chi connectivity index (χ0n) is 10.9. The predicted molar refractivity (Wildman–Crippen MR) is 75.6 cm³/mol. The highest BCUT2D eigenvalue weighted by atomic mass is 16.5. The van der Waals surface area contributed by atoms with E-state index in [2.05, 4.69) is 24.3 Å².